The number of rotatable bonds is 6. The first kappa shape index (κ1) is 14.7. The van der Waals surface area contributed by atoms with Gasteiger partial charge in [0.15, 0.2) is 0 Å². The summed E-state index contributed by atoms with van der Waals surface area (Å²) >= 11 is 0. The van der Waals surface area contributed by atoms with Crippen molar-refractivity contribution in [3.05, 3.63) is 23.8 Å². The zero-order valence-electron chi connectivity index (χ0n) is 11.8. The Morgan fingerprint density at radius 2 is 2.05 bits per heavy atom. The summed E-state index contributed by atoms with van der Waals surface area (Å²) in [5.41, 5.74) is 7.92. The Hall–Kier alpha value is -1.75. The molecule has 1 saturated heterocycles. The largest absolute Gasteiger partial charge is 0.396 e. The summed E-state index contributed by atoms with van der Waals surface area (Å²) in [4.78, 5) is 13.9. The second-order valence-electron chi connectivity index (χ2n) is 5.12. The Labute approximate surface area is 119 Å². The molecule has 0 saturated carbocycles. The number of piperidine rings is 1. The smallest absolute Gasteiger partial charge is 0.250 e. The van der Waals surface area contributed by atoms with Crippen molar-refractivity contribution in [3.8, 4) is 0 Å². The number of aliphatic hydroxyl groups is 1. The fourth-order valence-corrected chi connectivity index (χ4v) is 2.65. The maximum Gasteiger partial charge on any atom is 0.250 e. The molecule has 1 aromatic carbocycles. The molecular weight excluding hydrogens is 254 g/mol. The lowest BCUT2D eigenvalue weighted by Gasteiger charge is -2.32. The number of primary amides is 1. The molecule has 5 nitrogen and oxygen atoms in total. The van der Waals surface area contributed by atoms with Crippen molar-refractivity contribution in [3.63, 3.8) is 0 Å². The van der Waals surface area contributed by atoms with Crippen LogP contribution >= 0.6 is 0 Å². The predicted octanol–water partition coefficient (Wildman–Crippen LogP) is 1.57. The predicted molar refractivity (Wildman–Crippen MR) is 81.2 cm³/mol. The summed E-state index contributed by atoms with van der Waals surface area (Å²) in [6, 6.07) is 5.59. The molecule has 1 aliphatic heterocycles. The van der Waals surface area contributed by atoms with E-state index in [2.05, 4.69) is 10.2 Å². The number of benzene rings is 1. The van der Waals surface area contributed by atoms with Crippen molar-refractivity contribution in [2.75, 3.05) is 36.5 Å². The standard InChI is InChI=1S/C15H23N3O2/c16-15(20)12-6-4-7-13(17-8-5-11-19)14(12)18-9-2-1-3-10-18/h4,6-7,17,19H,1-3,5,8-11H2,(H2,16,20). The van der Waals surface area contributed by atoms with Gasteiger partial charge < -0.3 is 21.1 Å². The summed E-state index contributed by atoms with van der Waals surface area (Å²) in [6.07, 6.45) is 4.20. The molecule has 1 fully saturated rings. The van der Waals surface area contributed by atoms with Crippen LogP contribution in [0.1, 0.15) is 36.0 Å². The van der Waals surface area contributed by atoms with Gasteiger partial charge in [0.2, 0.25) is 0 Å². The van der Waals surface area contributed by atoms with E-state index in [1.807, 2.05) is 12.1 Å². The van der Waals surface area contributed by atoms with Crippen molar-refractivity contribution in [2.24, 2.45) is 5.73 Å². The van der Waals surface area contributed by atoms with Crippen LogP contribution < -0.4 is 16.0 Å². The second kappa shape index (κ2) is 7.14. The molecule has 1 aromatic rings. The monoisotopic (exact) mass is 277 g/mol. The van der Waals surface area contributed by atoms with Crippen LogP contribution in [0.15, 0.2) is 18.2 Å². The summed E-state index contributed by atoms with van der Waals surface area (Å²) < 4.78 is 0. The normalized spacial score (nSPS) is 15.2. The molecule has 0 bridgehead atoms. The van der Waals surface area contributed by atoms with E-state index in [4.69, 9.17) is 10.8 Å². The van der Waals surface area contributed by atoms with E-state index in [1.165, 1.54) is 6.42 Å². The van der Waals surface area contributed by atoms with Gasteiger partial charge in [0, 0.05) is 26.2 Å². The fourth-order valence-electron chi connectivity index (χ4n) is 2.65. The zero-order valence-corrected chi connectivity index (χ0v) is 11.8. The summed E-state index contributed by atoms with van der Waals surface area (Å²) in [5.74, 6) is -0.392. The minimum Gasteiger partial charge on any atom is -0.396 e. The van der Waals surface area contributed by atoms with Gasteiger partial charge in [0.05, 0.1) is 16.9 Å². The second-order valence-corrected chi connectivity index (χ2v) is 5.12. The van der Waals surface area contributed by atoms with E-state index in [1.54, 1.807) is 6.07 Å². The van der Waals surface area contributed by atoms with E-state index >= 15 is 0 Å². The lowest BCUT2D eigenvalue weighted by Crippen LogP contribution is -2.32. The third-order valence-corrected chi connectivity index (χ3v) is 3.62. The SMILES string of the molecule is NC(=O)c1cccc(NCCCO)c1N1CCCCC1. The molecule has 0 atom stereocenters. The van der Waals surface area contributed by atoms with Gasteiger partial charge in [-0.05, 0) is 37.8 Å². The zero-order chi connectivity index (χ0) is 14.4. The van der Waals surface area contributed by atoms with Crippen molar-refractivity contribution in [1.82, 2.24) is 0 Å². The van der Waals surface area contributed by atoms with Crippen LogP contribution in [0.4, 0.5) is 11.4 Å². The molecule has 0 aromatic heterocycles. The lowest BCUT2D eigenvalue weighted by molar-refractivity contribution is 0.100. The van der Waals surface area contributed by atoms with Gasteiger partial charge in [-0.15, -0.1) is 0 Å². The van der Waals surface area contributed by atoms with Crippen molar-refractivity contribution >= 4 is 17.3 Å². The molecule has 1 aliphatic rings. The van der Waals surface area contributed by atoms with Gasteiger partial charge in [0.1, 0.15) is 0 Å². The van der Waals surface area contributed by atoms with Crippen molar-refractivity contribution in [2.45, 2.75) is 25.7 Å². The number of amides is 1. The Kier molecular flexibility index (Phi) is 5.24. The summed E-state index contributed by atoms with van der Waals surface area (Å²) in [6.45, 7) is 2.75. The Morgan fingerprint density at radius 1 is 1.30 bits per heavy atom. The molecule has 0 aliphatic carbocycles. The van der Waals surface area contributed by atoms with Crippen LogP contribution in [0.3, 0.4) is 0 Å². The third-order valence-electron chi connectivity index (χ3n) is 3.62. The van der Waals surface area contributed by atoms with E-state index < -0.39 is 5.91 Å². The summed E-state index contributed by atoms with van der Waals surface area (Å²) in [7, 11) is 0. The highest BCUT2D eigenvalue weighted by atomic mass is 16.3. The van der Waals surface area contributed by atoms with Gasteiger partial charge in [-0.3, -0.25) is 4.79 Å². The van der Waals surface area contributed by atoms with E-state index in [9.17, 15) is 4.79 Å². The quantitative estimate of drug-likeness (QED) is 0.690. The number of hydrogen-bond donors (Lipinski definition) is 3. The van der Waals surface area contributed by atoms with E-state index in [0.717, 1.165) is 37.3 Å². The Bertz CT molecular complexity index is 456. The average molecular weight is 277 g/mol. The number of carbonyl (C=O) groups excluding carboxylic acids is 1. The van der Waals surface area contributed by atoms with E-state index in [-0.39, 0.29) is 6.61 Å². The molecule has 2 rings (SSSR count). The molecule has 5 heteroatoms. The first-order valence-corrected chi connectivity index (χ1v) is 7.26. The molecule has 110 valence electrons. The molecular formula is C15H23N3O2. The highest BCUT2D eigenvalue weighted by Gasteiger charge is 2.20. The molecule has 0 spiro atoms. The van der Waals surface area contributed by atoms with Gasteiger partial charge in [0.25, 0.3) is 5.91 Å². The lowest BCUT2D eigenvalue weighted by atomic mass is 10.0. The van der Waals surface area contributed by atoms with Crippen LogP contribution in [0.2, 0.25) is 0 Å². The van der Waals surface area contributed by atoms with Crippen molar-refractivity contribution < 1.29 is 9.90 Å². The van der Waals surface area contributed by atoms with Crippen LogP contribution in [0.5, 0.6) is 0 Å². The number of nitrogens with one attached hydrogen (secondary N) is 1. The number of nitrogens with two attached hydrogens (primary N) is 1. The highest BCUT2D eigenvalue weighted by Crippen LogP contribution is 2.32. The first-order valence-electron chi connectivity index (χ1n) is 7.26. The van der Waals surface area contributed by atoms with Gasteiger partial charge >= 0.3 is 0 Å². The summed E-state index contributed by atoms with van der Waals surface area (Å²) in [5, 5.41) is 12.2. The molecule has 20 heavy (non-hydrogen) atoms. The van der Waals surface area contributed by atoms with Crippen LogP contribution in [-0.2, 0) is 0 Å². The van der Waals surface area contributed by atoms with Gasteiger partial charge in [-0.25, -0.2) is 0 Å². The van der Waals surface area contributed by atoms with Crippen molar-refractivity contribution in [1.29, 1.82) is 0 Å². The topological polar surface area (TPSA) is 78.6 Å². The third kappa shape index (κ3) is 3.42. The fraction of sp³-hybridized carbons (Fsp3) is 0.533. The molecule has 1 heterocycles. The number of anilines is 2. The molecule has 0 unspecified atom stereocenters. The molecule has 0 radical (unpaired) electrons. The van der Waals surface area contributed by atoms with Gasteiger partial charge in [-0.2, -0.15) is 0 Å². The number of para-hydroxylation sites is 1. The average Bonchev–Trinajstić information content (AvgIpc) is 2.48. The molecule has 4 N–H and O–H groups in total. The molecule has 1 amide bonds. The van der Waals surface area contributed by atoms with Crippen LogP contribution in [0, 0.1) is 0 Å². The van der Waals surface area contributed by atoms with Crippen LogP contribution in [-0.4, -0.2) is 37.3 Å². The maximum atomic E-state index is 11.7. The maximum absolute atomic E-state index is 11.7. The number of carbonyl (C=O) groups is 1. The van der Waals surface area contributed by atoms with Crippen LogP contribution in [0.25, 0.3) is 0 Å². The Morgan fingerprint density at radius 3 is 2.70 bits per heavy atom. The highest BCUT2D eigenvalue weighted by molar-refractivity contribution is 6.01. The number of hydrogen-bond acceptors (Lipinski definition) is 4. The number of nitrogens with zero attached hydrogens (tertiary/aromatic N) is 1. The minimum atomic E-state index is -0.392. The van der Waals surface area contributed by atoms with E-state index in [0.29, 0.717) is 18.5 Å². The number of aliphatic hydroxyl groups excluding tert-OH is 1. The van der Waals surface area contributed by atoms with Gasteiger partial charge in [-0.1, -0.05) is 6.07 Å². The first-order chi connectivity index (χ1) is 9.74. The minimum absolute atomic E-state index is 0.154. The Balaban J connectivity index is 2.29.